The van der Waals surface area contributed by atoms with Gasteiger partial charge in [0.15, 0.2) is 0 Å². The summed E-state index contributed by atoms with van der Waals surface area (Å²) < 4.78 is 15.1. The lowest BCUT2D eigenvalue weighted by molar-refractivity contribution is 0.102. The Kier molecular flexibility index (Phi) is 9.17. The molecule has 2 rings (SSSR count). The fourth-order valence-corrected chi connectivity index (χ4v) is 1.55. The van der Waals surface area contributed by atoms with Crippen molar-refractivity contribution in [2.45, 2.75) is 57.7 Å². The third-order valence-electron chi connectivity index (χ3n) is 2.92. The van der Waals surface area contributed by atoms with Gasteiger partial charge in [0.25, 0.3) is 0 Å². The lowest BCUT2D eigenvalue weighted by Crippen LogP contribution is -2.06. The predicted molar refractivity (Wildman–Crippen MR) is 73.9 cm³/mol. The highest BCUT2D eigenvalue weighted by molar-refractivity contribution is 4.71. The number of epoxide rings is 2. The number of allylic oxidation sites excluding steroid dienone is 1. The Morgan fingerprint density at radius 1 is 1.06 bits per heavy atom. The van der Waals surface area contributed by atoms with Crippen molar-refractivity contribution in [2.24, 2.45) is 0 Å². The van der Waals surface area contributed by atoms with E-state index in [1.165, 1.54) is 38.5 Å². The molecular weight excluding hydrogens is 228 g/mol. The first-order valence-corrected chi connectivity index (χ1v) is 7.28. The summed E-state index contributed by atoms with van der Waals surface area (Å²) in [5.74, 6) is 0. The van der Waals surface area contributed by atoms with E-state index in [0.29, 0.717) is 12.2 Å². The van der Waals surface area contributed by atoms with Crippen molar-refractivity contribution < 1.29 is 14.2 Å². The summed E-state index contributed by atoms with van der Waals surface area (Å²) >= 11 is 0. The molecule has 0 aromatic heterocycles. The molecule has 2 heterocycles. The zero-order chi connectivity index (χ0) is 13.1. The number of unbranched alkanes of at least 4 members (excludes halogenated alkanes) is 5. The molecule has 2 atom stereocenters. The van der Waals surface area contributed by atoms with Crippen molar-refractivity contribution in [1.82, 2.24) is 0 Å². The maximum Gasteiger partial charge on any atom is 0.104 e. The lowest BCUT2D eigenvalue weighted by Gasteiger charge is -1.95. The molecule has 0 aliphatic carbocycles. The van der Waals surface area contributed by atoms with Crippen molar-refractivity contribution in [3.8, 4) is 0 Å². The van der Waals surface area contributed by atoms with E-state index < -0.39 is 0 Å². The molecule has 3 nitrogen and oxygen atoms in total. The van der Waals surface area contributed by atoms with Gasteiger partial charge in [0.2, 0.25) is 0 Å². The van der Waals surface area contributed by atoms with Crippen LogP contribution in [0.5, 0.6) is 0 Å². The Bertz CT molecular complexity index is 186. The first kappa shape index (κ1) is 15.7. The monoisotopic (exact) mass is 256 g/mol. The Balaban J connectivity index is 0.000000180. The van der Waals surface area contributed by atoms with Crippen LogP contribution in [0, 0.1) is 0 Å². The predicted octanol–water partition coefficient (Wildman–Crippen LogP) is 3.33. The Labute approximate surface area is 111 Å². The quantitative estimate of drug-likeness (QED) is 0.341. The van der Waals surface area contributed by atoms with Gasteiger partial charge in [-0.25, -0.2) is 0 Å². The van der Waals surface area contributed by atoms with E-state index in [1.807, 2.05) is 6.08 Å². The summed E-state index contributed by atoms with van der Waals surface area (Å²) in [7, 11) is 0. The maximum atomic E-state index is 5.23. The van der Waals surface area contributed by atoms with Crippen LogP contribution in [0.15, 0.2) is 12.7 Å². The van der Waals surface area contributed by atoms with Crippen molar-refractivity contribution in [3.63, 3.8) is 0 Å². The van der Waals surface area contributed by atoms with E-state index >= 15 is 0 Å². The van der Waals surface area contributed by atoms with Gasteiger partial charge >= 0.3 is 0 Å². The van der Waals surface area contributed by atoms with Crippen LogP contribution in [-0.2, 0) is 14.2 Å². The van der Waals surface area contributed by atoms with Gasteiger partial charge in [-0.15, -0.1) is 6.58 Å². The van der Waals surface area contributed by atoms with Crippen LogP contribution in [0.3, 0.4) is 0 Å². The molecule has 0 radical (unpaired) electrons. The molecule has 0 N–H and O–H groups in total. The number of hydrogen-bond donors (Lipinski definition) is 0. The molecule has 0 saturated carbocycles. The molecule has 0 amide bonds. The normalized spacial score (nSPS) is 24.1. The minimum Gasteiger partial charge on any atom is -0.376 e. The Hall–Kier alpha value is -0.380. The summed E-state index contributed by atoms with van der Waals surface area (Å²) in [6.07, 6.45) is 10.9. The van der Waals surface area contributed by atoms with E-state index in [2.05, 4.69) is 13.5 Å². The lowest BCUT2D eigenvalue weighted by atomic mass is 10.1. The highest BCUT2D eigenvalue weighted by atomic mass is 16.6. The van der Waals surface area contributed by atoms with E-state index in [0.717, 1.165) is 26.4 Å². The first-order chi connectivity index (χ1) is 8.86. The molecule has 18 heavy (non-hydrogen) atoms. The largest absolute Gasteiger partial charge is 0.376 e. The van der Waals surface area contributed by atoms with Gasteiger partial charge in [0.05, 0.1) is 26.4 Å². The van der Waals surface area contributed by atoms with Crippen molar-refractivity contribution in [3.05, 3.63) is 12.7 Å². The minimum absolute atomic E-state index is 0.392. The van der Waals surface area contributed by atoms with Gasteiger partial charge in [0, 0.05) is 0 Å². The highest BCUT2D eigenvalue weighted by Gasteiger charge is 2.26. The van der Waals surface area contributed by atoms with Crippen LogP contribution < -0.4 is 0 Å². The molecule has 2 saturated heterocycles. The topological polar surface area (TPSA) is 34.3 Å². The summed E-state index contributed by atoms with van der Waals surface area (Å²) in [5.41, 5.74) is 0. The fraction of sp³-hybridized carbons (Fsp3) is 0.867. The molecule has 106 valence electrons. The molecule has 3 heteroatoms. The second-order valence-electron chi connectivity index (χ2n) is 4.94. The SMILES string of the molecule is C(OCC1CO1)C1CO1.C=CCCCCCCC. The molecule has 2 aliphatic rings. The average Bonchev–Trinajstić information content (AvgIpc) is 3.24. The summed E-state index contributed by atoms with van der Waals surface area (Å²) in [4.78, 5) is 0. The molecular formula is C15H28O3. The van der Waals surface area contributed by atoms with E-state index in [1.54, 1.807) is 0 Å². The maximum absolute atomic E-state index is 5.23. The van der Waals surface area contributed by atoms with Gasteiger partial charge in [-0.05, 0) is 12.8 Å². The molecule has 2 unspecified atom stereocenters. The van der Waals surface area contributed by atoms with Crippen LogP contribution in [0.2, 0.25) is 0 Å². The summed E-state index contributed by atoms with van der Waals surface area (Å²) in [6.45, 7) is 9.18. The molecule has 0 aromatic carbocycles. The van der Waals surface area contributed by atoms with E-state index in [-0.39, 0.29) is 0 Å². The van der Waals surface area contributed by atoms with Crippen LogP contribution in [-0.4, -0.2) is 38.6 Å². The smallest absolute Gasteiger partial charge is 0.104 e. The summed E-state index contributed by atoms with van der Waals surface area (Å²) in [5, 5.41) is 0. The van der Waals surface area contributed by atoms with Crippen LogP contribution >= 0.6 is 0 Å². The van der Waals surface area contributed by atoms with Gasteiger partial charge in [-0.2, -0.15) is 0 Å². The fourth-order valence-electron chi connectivity index (χ4n) is 1.55. The third-order valence-corrected chi connectivity index (χ3v) is 2.92. The summed E-state index contributed by atoms with van der Waals surface area (Å²) in [6, 6.07) is 0. The standard InChI is InChI=1S/C9H18.C6H10O3/c1-3-5-7-9-8-6-4-2;1(5-3-8-5)7-2-6-4-9-6/h3H,1,4-9H2,2H3;5-6H,1-4H2. The number of ether oxygens (including phenoxy) is 3. The van der Waals surface area contributed by atoms with Gasteiger partial charge < -0.3 is 14.2 Å². The minimum atomic E-state index is 0.392. The zero-order valence-corrected chi connectivity index (χ0v) is 11.7. The van der Waals surface area contributed by atoms with Gasteiger partial charge in [-0.1, -0.05) is 38.7 Å². The molecule has 0 spiro atoms. The molecule has 2 fully saturated rings. The van der Waals surface area contributed by atoms with Crippen LogP contribution in [0.4, 0.5) is 0 Å². The van der Waals surface area contributed by atoms with Gasteiger partial charge in [-0.3, -0.25) is 0 Å². The van der Waals surface area contributed by atoms with Gasteiger partial charge in [0.1, 0.15) is 12.2 Å². The molecule has 2 aliphatic heterocycles. The molecule has 0 bridgehead atoms. The first-order valence-electron chi connectivity index (χ1n) is 7.28. The van der Waals surface area contributed by atoms with Crippen molar-refractivity contribution in [2.75, 3.05) is 26.4 Å². The number of rotatable bonds is 10. The number of hydrogen-bond acceptors (Lipinski definition) is 3. The Morgan fingerprint density at radius 2 is 1.61 bits per heavy atom. The highest BCUT2D eigenvalue weighted by Crippen LogP contribution is 2.12. The Morgan fingerprint density at radius 3 is 2.06 bits per heavy atom. The second-order valence-corrected chi connectivity index (χ2v) is 4.94. The third kappa shape index (κ3) is 10.8. The van der Waals surface area contributed by atoms with Crippen molar-refractivity contribution in [1.29, 1.82) is 0 Å². The molecule has 0 aromatic rings. The van der Waals surface area contributed by atoms with Crippen LogP contribution in [0.1, 0.15) is 45.4 Å². The average molecular weight is 256 g/mol. The second kappa shape index (κ2) is 10.5. The zero-order valence-electron chi connectivity index (χ0n) is 11.7. The van der Waals surface area contributed by atoms with Crippen molar-refractivity contribution >= 4 is 0 Å². The van der Waals surface area contributed by atoms with Crippen LogP contribution in [0.25, 0.3) is 0 Å². The van der Waals surface area contributed by atoms with E-state index in [9.17, 15) is 0 Å². The van der Waals surface area contributed by atoms with E-state index in [4.69, 9.17) is 14.2 Å².